The van der Waals surface area contributed by atoms with Gasteiger partial charge in [0.2, 0.25) is 0 Å². The largest absolute Gasteiger partial charge is 0.481 e. The number of benzene rings is 1. The van der Waals surface area contributed by atoms with Gasteiger partial charge in [-0.3, -0.25) is 9.69 Å². The van der Waals surface area contributed by atoms with Crippen LogP contribution in [-0.2, 0) is 17.9 Å². The Labute approximate surface area is 95.7 Å². The molecule has 86 valence electrons. The van der Waals surface area contributed by atoms with Crippen LogP contribution in [0.15, 0.2) is 24.3 Å². The standard InChI is InChI=1S/C13H17NO2/c1-13(2,7-12(15)16)14-8-10-5-3-4-6-11(10)9-14/h3-6H,7-9H2,1-2H3,(H,15,16). The lowest BCUT2D eigenvalue weighted by Crippen LogP contribution is -2.41. The number of hydrogen-bond donors (Lipinski definition) is 1. The maximum atomic E-state index is 10.8. The molecule has 1 N–H and O–H groups in total. The third-order valence-corrected chi connectivity index (χ3v) is 3.28. The summed E-state index contributed by atoms with van der Waals surface area (Å²) in [6, 6.07) is 8.30. The van der Waals surface area contributed by atoms with Gasteiger partial charge in [0.25, 0.3) is 0 Å². The third kappa shape index (κ3) is 2.09. The van der Waals surface area contributed by atoms with E-state index in [1.165, 1.54) is 11.1 Å². The monoisotopic (exact) mass is 219 g/mol. The fourth-order valence-corrected chi connectivity index (χ4v) is 2.24. The summed E-state index contributed by atoms with van der Waals surface area (Å²) < 4.78 is 0. The minimum Gasteiger partial charge on any atom is -0.481 e. The molecule has 1 aliphatic heterocycles. The lowest BCUT2D eigenvalue weighted by Gasteiger charge is -2.34. The van der Waals surface area contributed by atoms with Crippen molar-refractivity contribution in [2.24, 2.45) is 0 Å². The molecule has 2 rings (SSSR count). The van der Waals surface area contributed by atoms with Crippen molar-refractivity contribution in [3.8, 4) is 0 Å². The van der Waals surface area contributed by atoms with Crippen LogP contribution in [-0.4, -0.2) is 21.5 Å². The van der Waals surface area contributed by atoms with Crippen LogP contribution >= 0.6 is 0 Å². The summed E-state index contributed by atoms with van der Waals surface area (Å²) >= 11 is 0. The molecule has 0 saturated heterocycles. The Kier molecular flexibility index (Phi) is 2.72. The number of nitrogens with zero attached hydrogens (tertiary/aromatic N) is 1. The van der Waals surface area contributed by atoms with Crippen LogP contribution in [0.3, 0.4) is 0 Å². The molecule has 0 spiro atoms. The van der Waals surface area contributed by atoms with Crippen molar-refractivity contribution in [3.05, 3.63) is 35.4 Å². The van der Waals surface area contributed by atoms with Gasteiger partial charge in [0.05, 0.1) is 6.42 Å². The van der Waals surface area contributed by atoms with E-state index in [4.69, 9.17) is 5.11 Å². The van der Waals surface area contributed by atoms with Crippen molar-refractivity contribution in [1.29, 1.82) is 0 Å². The van der Waals surface area contributed by atoms with Gasteiger partial charge in [0.1, 0.15) is 0 Å². The first-order chi connectivity index (χ1) is 7.49. The van der Waals surface area contributed by atoms with Crippen molar-refractivity contribution in [3.63, 3.8) is 0 Å². The maximum absolute atomic E-state index is 10.8. The molecule has 16 heavy (non-hydrogen) atoms. The predicted octanol–water partition coefficient (Wildman–Crippen LogP) is 2.26. The average molecular weight is 219 g/mol. The van der Waals surface area contributed by atoms with Crippen LogP contribution in [0, 0.1) is 0 Å². The van der Waals surface area contributed by atoms with Crippen molar-refractivity contribution in [1.82, 2.24) is 4.90 Å². The van der Waals surface area contributed by atoms with Crippen LogP contribution in [0.4, 0.5) is 0 Å². The Hall–Kier alpha value is -1.35. The van der Waals surface area contributed by atoms with Gasteiger partial charge in [-0.1, -0.05) is 24.3 Å². The van der Waals surface area contributed by atoms with Gasteiger partial charge < -0.3 is 5.11 Å². The number of carbonyl (C=O) groups is 1. The Morgan fingerprint density at radius 1 is 1.31 bits per heavy atom. The molecule has 3 nitrogen and oxygen atoms in total. The van der Waals surface area contributed by atoms with Crippen molar-refractivity contribution < 1.29 is 9.90 Å². The van der Waals surface area contributed by atoms with E-state index in [2.05, 4.69) is 17.0 Å². The van der Waals surface area contributed by atoms with E-state index in [-0.39, 0.29) is 12.0 Å². The number of rotatable bonds is 3. The molecule has 0 unspecified atom stereocenters. The van der Waals surface area contributed by atoms with Gasteiger partial charge in [-0.25, -0.2) is 0 Å². The maximum Gasteiger partial charge on any atom is 0.305 e. The van der Waals surface area contributed by atoms with E-state index in [1.807, 2.05) is 26.0 Å². The molecule has 0 radical (unpaired) electrons. The van der Waals surface area contributed by atoms with Crippen LogP contribution in [0.2, 0.25) is 0 Å². The van der Waals surface area contributed by atoms with Gasteiger partial charge in [-0.2, -0.15) is 0 Å². The van der Waals surface area contributed by atoms with Gasteiger partial charge >= 0.3 is 5.97 Å². The highest BCUT2D eigenvalue weighted by molar-refractivity contribution is 5.68. The van der Waals surface area contributed by atoms with E-state index in [0.717, 1.165) is 13.1 Å². The van der Waals surface area contributed by atoms with Gasteiger partial charge in [-0.15, -0.1) is 0 Å². The Morgan fingerprint density at radius 3 is 2.25 bits per heavy atom. The van der Waals surface area contributed by atoms with Crippen LogP contribution < -0.4 is 0 Å². The molecule has 0 atom stereocenters. The Morgan fingerprint density at radius 2 is 1.81 bits per heavy atom. The second-order valence-corrected chi connectivity index (χ2v) is 5.01. The molecule has 0 saturated carbocycles. The average Bonchev–Trinajstić information content (AvgIpc) is 2.59. The smallest absolute Gasteiger partial charge is 0.305 e. The Balaban J connectivity index is 2.13. The highest BCUT2D eigenvalue weighted by Crippen LogP contribution is 2.30. The molecular formula is C13H17NO2. The van der Waals surface area contributed by atoms with Gasteiger partial charge in [0, 0.05) is 18.6 Å². The van der Waals surface area contributed by atoms with Crippen molar-refractivity contribution in [2.75, 3.05) is 0 Å². The first-order valence-electron chi connectivity index (χ1n) is 5.53. The van der Waals surface area contributed by atoms with Crippen LogP contribution in [0.25, 0.3) is 0 Å². The molecule has 0 bridgehead atoms. The number of aliphatic carboxylic acids is 1. The third-order valence-electron chi connectivity index (χ3n) is 3.28. The van der Waals surface area contributed by atoms with Crippen molar-refractivity contribution >= 4 is 5.97 Å². The molecule has 3 heteroatoms. The lowest BCUT2D eigenvalue weighted by atomic mass is 9.98. The SMILES string of the molecule is CC(C)(CC(=O)O)N1Cc2ccccc2C1. The normalized spacial score (nSPS) is 16.1. The van der Waals surface area contributed by atoms with E-state index in [0.29, 0.717) is 0 Å². The van der Waals surface area contributed by atoms with E-state index in [9.17, 15) is 4.79 Å². The molecule has 1 aliphatic rings. The number of carboxylic acids is 1. The minimum atomic E-state index is -0.735. The summed E-state index contributed by atoms with van der Waals surface area (Å²) in [7, 11) is 0. The summed E-state index contributed by atoms with van der Waals surface area (Å²) in [6.07, 6.45) is 0.182. The molecule has 0 aliphatic carbocycles. The highest BCUT2D eigenvalue weighted by atomic mass is 16.4. The fraction of sp³-hybridized carbons (Fsp3) is 0.462. The number of hydrogen-bond acceptors (Lipinski definition) is 2. The zero-order chi connectivity index (χ0) is 11.8. The topological polar surface area (TPSA) is 40.5 Å². The summed E-state index contributed by atoms with van der Waals surface area (Å²) in [6.45, 7) is 5.70. The lowest BCUT2D eigenvalue weighted by molar-refractivity contribution is -0.140. The molecular weight excluding hydrogens is 202 g/mol. The number of fused-ring (bicyclic) bond motifs is 1. The molecule has 1 heterocycles. The highest BCUT2D eigenvalue weighted by Gasteiger charge is 2.33. The summed E-state index contributed by atoms with van der Waals surface area (Å²) in [5.41, 5.74) is 2.35. The first kappa shape index (κ1) is 11.1. The molecule has 0 amide bonds. The first-order valence-corrected chi connectivity index (χ1v) is 5.53. The van der Waals surface area contributed by atoms with Crippen molar-refractivity contribution in [2.45, 2.75) is 38.9 Å². The summed E-state index contributed by atoms with van der Waals surface area (Å²) in [4.78, 5) is 13.0. The zero-order valence-corrected chi connectivity index (χ0v) is 9.73. The summed E-state index contributed by atoms with van der Waals surface area (Å²) in [5.74, 6) is -0.735. The molecule has 0 aromatic heterocycles. The van der Waals surface area contributed by atoms with Gasteiger partial charge in [0.15, 0.2) is 0 Å². The fourth-order valence-electron chi connectivity index (χ4n) is 2.24. The minimum absolute atomic E-state index is 0.182. The second kappa shape index (κ2) is 3.91. The molecule has 1 aromatic rings. The van der Waals surface area contributed by atoms with E-state index < -0.39 is 5.97 Å². The van der Waals surface area contributed by atoms with Crippen LogP contribution in [0.1, 0.15) is 31.4 Å². The predicted molar refractivity (Wildman–Crippen MR) is 62.0 cm³/mol. The van der Waals surface area contributed by atoms with Gasteiger partial charge in [-0.05, 0) is 25.0 Å². The van der Waals surface area contributed by atoms with Crippen LogP contribution in [0.5, 0.6) is 0 Å². The van der Waals surface area contributed by atoms with E-state index in [1.54, 1.807) is 0 Å². The van der Waals surface area contributed by atoms with E-state index >= 15 is 0 Å². The zero-order valence-electron chi connectivity index (χ0n) is 9.73. The molecule has 1 aromatic carbocycles. The summed E-state index contributed by atoms with van der Waals surface area (Å²) in [5, 5.41) is 8.90. The quantitative estimate of drug-likeness (QED) is 0.847. The molecule has 0 fully saturated rings. The second-order valence-electron chi connectivity index (χ2n) is 5.01. The Bertz CT molecular complexity index is 387. The number of carboxylic acid groups (broad SMARTS) is 1.